The molecule has 0 spiro atoms. The molecule has 2 N–H and O–H groups in total. The van der Waals surface area contributed by atoms with E-state index in [4.69, 9.17) is 5.11 Å². The van der Waals surface area contributed by atoms with Gasteiger partial charge in [-0.05, 0) is 30.5 Å². The molecule has 112 valence electrons. The second-order valence-corrected chi connectivity index (χ2v) is 5.96. The molecule has 3 heteroatoms. The SMILES string of the molecule is CC1(C(=O)NCc2ccc(C#CCO)cc2)CCCCC1. The summed E-state index contributed by atoms with van der Waals surface area (Å²) in [5.41, 5.74) is 1.75. The highest BCUT2D eigenvalue weighted by atomic mass is 16.2. The van der Waals surface area contributed by atoms with E-state index in [9.17, 15) is 4.79 Å². The predicted molar refractivity (Wildman–Crippen MR) is 83.4 cm³/mol. The number of carbonyl (C=O) groups is 1. The largest absolute Gasteiger partial charge is 0.384 e. The zero-order valence-corrected chi connectivity index (χ0v) is 12.6. The number of carbonyl (C=O) groups excluding carboxylic acids is 1. The van der Waals surface area contributed by atoms with Crippen molar-refractivity contribution < 1.29 is 9.90 Å². The highest BCUT2D eigenvalue weighted by Crippen LogP contribution is 2.35. The molecule has 2 rings (SSSR count). The van der Waals surface area contributed by atoms with Crippen LogP contribution in [-0.4, -0.2) is 17.6 Å². The van der Waals surface area contributed by atoms with Crippen molar-refractivity contribution in [1.82, 2.24) is 5.32 Å². The molecule has 1 saturated carbocycles. The average Bonchev–Trinajstić information content (AvgIpc) is 2.52. The summed E-state index contributed by atoms with van der Waals surface area (Å²) in [7, 11) is 0. The number of amides is 1. The monoisotopic (exact) mass is 285 g/mol. The van der Waals surface area contributed by atoms with Gasteiger partial charge in [0.05, 0.1) is 0 Å². The van der Waals surface area contributed by atoms with Crippen LogP contribution in [0.25, 0.3) is 0 Å². The predicted octanol–water partition coefficient (Wildman–Crippen LogP) is 2.62. The van der Waals surface area contributed by atoms with E-state index in [1.807, 2.05) is 24.3 Å². The van der Waals surface area contributed by atoms with Gasteiger partial charge in [0.15, 0.2) is 0 Å². The third-order valence-electron chi connectivity index (χ3n) is 4.22. The van der Waals surface area contributed by atoms with Gasteiger partial charge >= 0.3 is 0 Å². The topological polar surface area (TPSA) is 49.3 Å². The minimum atomic E-state index is -0.190. The van der Waals surface area contributed by atoms with Crippen LogP contribution in [0.2, 0.25) is 0 Å². The van der Waals surface area contributed by atoms with Crippen LogP contribution >= 0.6 is 0 Å². The Morgan fingerprint density at radius 2 is 1.90 bits per heavy atom. The van der Waals surface area contributed by atoms with Crippen molar-refractivity contribution in [2.75, 3.05) is 6.61 Å². The van der Waals surface area contributed by atoms with Crippen molar-refractivity contribution in [3.63, 3.8) is 0 Å². The average molecular weight is 285 g/mol. The quantitative estimate of drug-likeness (QED) is 0.839. The van der Waals surface area contributed by atoms with E-state index in [1.165, 1.54) is 6.42 Å². The maximum absolute atomic E-state index is 12.3. The smallest absolute Gasteiger partial charge is 0.226 e. The summed E-state index contributed by atoms with van der Waals surface area (Å²) < 4.78 is 0. The van der Waals surface area contributed by atoms with Crippen LogP contribution in [0.4, 0.5) is 0 Å². The van der Waals surface area contributed by atoms with Gasteiger partial charge in [-0.25, -0.2) is 0 Å². The summed E-state index contributed by atoms with van der Waals surface area (Å²) >= 11 is 0. The van der Waals surface area contributed by atoms with Crippen LogP contribution < -0.4 is 5.32 Å². The summed E-state index contributed by atoms with van der Waals surface area (Å²) in [6, 6.07) is 7.74. The lowest BCUT2D eigenvalue weighted by Crippen LogP contribution is -2.39. The first kappa shape index (κ1) is 15.6. The standard InChI is InChI=1S/C18H23NO2/c1-18(11-3-2-4-12-18)17(21)19-14-16-9-7-15(8-10-16)6-5-13-20/h7-10,20H,2-4,11-14H2,1H3,(H,19,21). The van der Waals surface area contributed by atoms with Crippen molar-refractivity contribution >= 4 is 5.91 Å². The van der Waals surface area contributed by atoms with Crippen molar-refractivity contribution in [1.29, 1.82) is 0 Å². The molecule has 1 amide bonds. The van der Waals surface area contributed by atoms with Crippen LogP contribution in [0.1, 0.15) is 50.2 Å². The zero-order valence-electron chi connectivity index (χ0n) is 12.6. The van der Waals surface area contributed by atoms with E-state index in [0.29, 0.717) is 6.54 Å². The molecular formula is C18H23NO2. The molecule has 0 atom stereocenters. The van der Waals surface area contributed by atoms with Crippen LogP contribution in [0.5, 0.6) is 0 Å². The first-order chi connectivity index (χ1) is 10.1. The maximum Gasteiger partial charge on any atom is 0.226 e. The number of aliphatic hydroxyl groups excluding tert-OH is 1. The molecule has 0 bridgehead atoms. The lowest BCUT2D eigenvalue weighted by Gasteiger charge is -2.32. The summed E-state index contributed by atoms with van der Waals surface area (Å²) in [4.78, 5) is 12.3. The third-order valence-corrected chi connectivity index (χ3v) is 4.22. The van der Waals surface area contributed by atoms with E-state index in [-0.39, 0.29) is 17.9 Å². The fourth-order valence-corrected chi connectivity index (χ4v) is 2.80. The van der Waals surface area contributed by atoms with Crippen molar-refractivity contribution in [2.24, 2.45) is 5.41 Å². The number of hydrogen-bond donors (Lipinski definition) is 2. The molecule has 0 radical (unpaired) electrons. The summed E-state index contributed by atoms with van der Waals surface area (Å²) in [5.74, 6) is 5.65. The maximum atomic E-state index is 12.3. The Morgan fingerprint density at radius 3 is 2.52 bits per heavy atom. The highest BCUT2D eigenvalue weighted by Gasteiger charge is 2.34. The molecule has 1 aliphatic carbocycles. The Bertz CT molecular complexity index is 531. The second kappa shape index (κ2) is 7.28. The van der Waals surface area contributed by atoms with E-state index in [0.717, 1.165) is 36.8 Å². The van der Waals surface area contributed by atoms with Gasteiger partial charge in [-0.1, -0.05) is 50.2 Å². The minimum absolute atomic E-state index is 0.129. The molecule has 3 nitrogen and oxygen atoms in total. The fourth-order valence-electron chi connectivity index (χ4n) is 2.80. The molecular weight excluding hydrogens is 262 g/mol. The second-order valence-electron chi connectivity index (χ2n) is 5.96. The van der Waals surface area contributed by atoms with Crippen molar-refractivity contribution in [3.8, 4) is 11.8 Å². The van der Waals surface area contributed by atoms with Gasteiger partial charge in [0.25, 0.3) is 0 Å². The molecule has 0 aliphatic heterocycles. The van der Waals surface area contributed by atoms with Gasteiger partial charge < -0.3 is 10.4 Å². The van der Waals surface area contributed by atoms with Gasteiger partial charge in [0, 0.05) is 17.5 Å². The highest BCUT2D eigenvalue weighted by molar-refractivity contribution is 5.82. The van der Waals surface area contributed by atoms with Crippen LogP contribution in [0, 0.1) is 17.3 Å². The van der Waals surface area contributed by atoms with Crippen molar-refractivity contribution in [3.05, 3.63) is 35.4 Å². The van der Waals surface area contributed by atoms with E-state index in [2.05, 4.69) is 24.1 Å². The molecule has 1 aromatic carbocycles. The van der Waals surface area contributed by atoms with Crippen molar-refractivity contribution in [2.45, 2.75) is 45.6 Å². The molecule has 0 saturated heterocycles. The summed E-state index contributed by atoms with van der Waals surface area (Å²) in [6.45, 7) is 2.51. The Kier molecular flexibility index (Phi) is 5.41. The van der Waals surface area contributed by atoms with Gasteiger partial charge in [0.2, 0.25) is 5.91 Å². The first-order valence-corrected chi connectivity index (χ1v) is 7.61. The molecule has 1 fully saturated rings. The van der Waals surface area contributed by atoms with Gasteiger partial charge in [0.1, 0.15) is 6.61 Å². The lowest BCUT2D eigenvalue weighted by atomic mass is 9.75. The van der Waals surface area contributed by atoms with E-state index < -0.39 is 0 Å². The minimum Gasteiger partial charge on any atom is -0.384 e. The van der Waals surface area contributed by atoms with Gasteiger partial charge in [-0.2, -0.15) is 0 Å². The van der Waals surface area contributed by atoms with Crippen LogP contribution in [0.3, 0.4) is 0 Å². The third kappa shape index (κ3) is 4.34. The Labute approximate surface area is 126 Å². The Hall–Kier alpha value is -1.79. The Balaban J connectivity index is 1.89. The van der Waals surface area contributed by atoms with E-state index >= 15 is 0 Å². The lowest BCUT2D eigenvalue weighted by molar-refractivity contribution is -0.132. The zero-order chi connectivity index (χ0) is 15.1. The molecule has 0 aromatic heterocycles. The van der Waals surface area contributed by atoms with Gasteiger partial charge in [-0.15, -0.1) is 0 Å². The first-order valence-electron chi connectivity index (χ1n) is 7.61. The number of nitrogens with one attached hydrogen (secondary N) is 1. The summed E-state index contributed by atoms with van der Waals surface area (Å²) in [5, 5.41) is 11.7. The molecule has 0 unspecified atom stereocenters. The molecule has 0 heterocycles. The molecule has 1 aromatic rings. The number of aliphatic hydroxyl groups is 1. The van der Waals surface area contributed by atoms with Gasteiger partial charge in [-0.3, -0.25) is 4.79 Å². The molecule has 1 aliphatic rings. The number of benzene rings is 1. The van der Waals surface area contributed by atoms with Crippen LogP contribution in [-0.2, 0) is 11.3 Å². The number of rotatable bonds is 3. The Morgan fingerprint density at radius 1 is 1.24 bits per heavy atom. The number of hydrogen-bond acceptors (Lipinski definition) is 2. The summed E-state index contributed by atoms with van der Waals surface area (Å²) in [6.07, 6.45) is 5.55. The van der Waals surface area contributed by atoms with Crippen LogP contribution in [0.15, 0.2) is 24.3 Å². The molecule has 21 heavy (non-hydrogen) atoms. The van der Waals surface area contributed by atoms with E-state index in [1.54, 1.807) is 0 Å². The normalized spacial score (nSPS) is 16.7. The fraction of sp³-hybridized carbons (Fsp3) is 0.500.